The van der Waals surface area contributed by atoms with Crippen LogP contribution < -0.4 is 4.90 Å². The van der Waals surface area contributed by atoms with Crippen LogP contribution in [0.4, 0.5) is 5.82 Å². The van der Waals surface area contributed by atoms with Gasteiger partial charge in [0.15, 0.2) is 5.82 Å². The van der Waals surface area contributed by atoms with Crippen LogP contribution in [0, 0.1) is 6.92 Å². The molecule has 1 aromatic heterocycles. The maximum absolute atomic E-state index is 12.4. The molecule has 0 bridgehead atoms. The number of amides is 1. The summed E-state index contributed by atoms with van der Waals surface area (Å²) >= 11 is 3.49. The van der Waals surface area contributed by atoms with E-state index in [4.69, 9.17) is 4.52 Å². The average molecular weight is 364 g/mol. The minimum absolute atomic E-state index is 0.169. The summed E-state index contributed by atoms with van der Waals surface area (Å²) in [7, 11) is 0. The standard InChI is InChI=1S/C16H18BrN3O2/c1-12-10-15(18-22-12)19-6-8-20(9-7-19)16(21)11-13-4-2-3-5-14(13)17/h2-5,10H,6-9,11H2,1H3. The monoisotopic (exact) mass is 363 g/mol. The molecule has 22 heavy (non-hydrogen) atoms. The van der Waals surface area contributed by atoms with Crippen molar-refractivity contribution in [2.75, 3.05) is 31.1 Å². The van der Waals surface area contributed by atoms with E-state index in [9.17, 15) is 4.79 Å². The van der Waals surface area contributed by atoms with Crippen LogP contribution in [-0.2, 0) is 11.2 Å². The van der Waals surface area contributed by atoms with Gasteiger partial charge >= 0.3 is 0 Å². The number of piperazine rings is 1. The van der Waals surface area contributed by atoms with Crippen molar-refractivity contribution in [2.24, 2.45) is 0 Å². The van der Waals surface area contributed by atoms with E-state index in [1.165, 1.54) is 0 Å². The number of hydrogen-bond donors (Lipinski definition) is 0. The second kappa shape index (κ2) is 6.52. The quantitative estimate of drug-likeness (QED) is 0.840. The fraction of sp³-hybridized carbons (Fsp3) is 0.375. The second-order valence-electron chi connectivity index (χ2n) is 5.43. The van der Waals surface area contributed by atoms with Crippen molar-refractivity contribution in [1.29, 1.82) is 0 Å². The van der Waals surface area contributed by atoms with Gasteiger partial charge in [0, 0.05) is 36.7 Å². The molecule has 1 saturated heterocycles. The lowest BCUT2D eigenvalue weighted by molar-refractivity contribution is -0.130. The van der Waals surface area contributed by atoms with Gasteiger partial charge in [-0.2, -0.15) is 0 Å². The summed E-state index contributed by atoms with van der Waals surface area (Å²) in [5.74, 6) is 1.83. The molecule has 1 aliphatic heterocycles. The molecule has 0 unspecified atom stereocenters. The molecule has 116 valence electrons. The lowest BCUT2D eigenvalue weighted by Crippen LogP contribution is -2.49. The number of rotatable bonds is 3. The highest BCUT2D eigenvalue weighted by Gasteiger charge is 2.23. The topological polar surface area (TPSA) is 49.6 Å². The number of carbonyl (C=O) groups is 1. The zero-order valence-electron chi connectivity index (χ0n) is 12.5. The van der Waals surface area contributed by atoms with Crippen molar-refractivity contribution in [3.8, 4) is 0 Å². The molecule has 1 fully saturated rings. The summed E-state index contributed by atoms with van der Waals surface area (Å²) in [6.07, 6.45) is 0.435. The van der Waals surface area contributed by atoms with Crippen LogP contribution in [-0.4, -0.2) is 42.1 Å². The summed E-state index contributed by atoms with van der Waals surface area (Å²) in [6.45, 7) is 4.89. The number of benzene rings is 1. The van der Waals surface area contributed by atoms with Crippen LogP contribution >= 0.6 is 15.9 Å². The van der Waals surface area contributed by atoms with Crippen molar-refractivity contribution < 1.29 is 9.32 Å². The van der Waals surface area contributed by atoms with E-state index < -0.39 is 0 Å². The molecule has 0 aliphatic carbocycles. The summed E-state index contributed by atoms with van der Waals surface area (Å²) in [5.41, 5.74) is 1.03. The van der Waals surface area contributed by atoms with Gasteiger partial charge in [0.25, 0.3) is 0 Å². The summed E-state index contributed by atoms with van der Waals surface area (Å²) in [6, 6.07) is 9.79. The Hall–Kier alpha value is -1.82. The molecule has 2 aromatic rings. The van der Waals surface area contributed by atoms with Crippen LogP contribution in [0.1, 0.15) is 11.3 Å². The molecular weight excluding hydrogens is 346 g/mol. The maximum atomic E-state index is 12.4. The third-order valence-corrected chi connectivity index (χ3v) is 4.65. The van der Waals surface area contributed by atoms with E-state index >= 15 is 0 Å². The Morgan fingerprint density at radius 2 is 2.00 bits per heavy atom. The molecule has 1 amide bonds. The zero-order valence-corrected chi connectivity index (χ0v) is 14.0. The van der Waals surface area contributed by atoms with E-state index in [0.717, 1.165) is 47.8 Å². The van der Waals surface area contributed by atoms with E-state index in [1.54, 1.807) is 0 Å². The van der Waals surface area contributed by atoms with E-state index in [0.29, 0.717) is 6.42 Å². The van der Waals surface area contributed by atoms with E-state index in [-0.39, 0.29) is 5.91 Å². The first kappa shape index (κ1) is 15.1. The number of halogens is 1. The highest BCUT2D eigenvalue weighted by atomic mass is 79.9. The Labute approximate surface area is 138 Å². The molecule has 3 rings (SSSR count). The Balaban J connectivity index is 1.57. The maximum Gasteiger partial charge on any atom is 0.227 e. The number of carbonyl (C=O) groups excluding carboxylic acids is 1. The predicted octanol–water partition coefficient (Wildman–Crippen LogP) is 2.64. The fourth-order valence-corrected chi connectivity index (χ4v) is 3.03. The molecule has 1 aliphatic rings. The van der Waals surface area contributed by atoms with E-state index in [2.05, 4.69) is 26.0 Å². The molecule has 0 radical (unpaired) electrons. The number of aromatic nitrogens is 1. The summed E-state index contributed by atoms with van der Waals surface area (Å²) < 4.78 is 6.09. The molecule has 0 spiro atoms. The molecular formula is C16H18BrN3O2. The lowest BCUT2D eigenvalue weighted by atomic mass is 10.1. The summed E-state index contributed by atoms with van der Waals surface area (Å²) in [5, 5.41) is 4.03. The molecule has 0 saturated carbocycles. The number of aryl methyl sites for hydroxylation is 1. The summed E-state index contributed by atoms with van der Waals surface area (Å²) in [4.78, 5) is 16.5. The van der Waals surface area contributed by atoms with Gasteiger partial charge in [-0.1, -0.05) is 39.3 Å². The SMILES string of the molecule is Cc1cc(N2CCN(C(=O)Cc3ccccc3Br)CC2)no1. The van der Waals surface area contributed by atoms with Gasteiger partial charge in [0.05, 0.1) is 6.42 Å². The first-order chi connectivity index (χ1) is 10.6. The number of anilines is 1. The van der Waals surface area contributed by atoms with Gasteiger partial charge in [-0.25, -0.2) is 0 Å². The molecule has 6 heteroatoms. The van der Waals surface area contributed by atoms with Gasteiger partial charge in [0.2, 0.25) is 5.91 Å². The van der Waals surface area contributed by atoms with Crippen molar-refractivity contribution in [2.45, 2.75) is 13.3 Å². The van der Waals surface area contributed by atoms with Crippen molar-refractivity contribution >= 4 is 27.7 Å². The van der Waals surface area contributed by atoms with Crippen molar-refractivity contribution in [3.05, 3.63) is 46.1 Å². The Morgan fingerprint density at radius 1 is 1.27 bits per heavy atom. The molecule has 0 atom stereocenters. The van der Waals surface area contributed by atoms with Crippen LogP contribution in [0.15, 0.2) is 39.3 Å². The first-order valence-electron chi connectivity index (χ1n) is 7.33. The highest BCUT2D eigenvalue weighted by Crippen LogP contribution is 2.19. The Bertz CT molecular complexity index is 663. The molecule has 5 nitrogen and oxygen atoms in total. The molecule has 2 heterocycles. The van der Waals surface area contributed by atoms with Crippen molar-refractivity contribution in [1.82, 2.24) is 10.1 Å². The predicted molar refractivity (Wildman–Crippen MR) is 87.9 cm³/mol. The van der Waals surface area contributed by atoms with Gasteiger partial charge in [0.1, 0.15) is 5.76 Å². The van der Waals surface area contributed by atoms with Gasteiger partial charge in [-0.05, 0) is 18.6 Å². The minimum atomic E-state index is 0.169. The lowest BCUT2D eigenvalue weighted by Gasteiger charge is -2.34. The number of hydrogen-bond acceptors (Lipinski definition) is 4. The Kier molecular flexibility index (Phi) is 4.47. The smallest absolute Gasteiger partial charge is 0.227 e. The largest absolute Gasteiger partial charge is 0.360 e. The highest BCUT2D eigenvalue weighted by molar-refractivity contribution is 9.10. The molecule has 1 aromatic carbocycles. The number of nitrogens with zero attached hydrogens (tertiary/aromatic N) is 3. The van der Waals surface area contributed by atoms with Crippen LogP contribution in [0.25, 0.3) is 0 Å². The van der Waals surface area contributed by atoms with E-state index in [1.807, 2.05) is 42.2 Å². The van der Waals surface area contributed by atoms with Crippen LogP contribution in [0.3, 0.4) is 0 Å². The normalized spacial score (nSPS) is 15.2. The average Bonchev–Trinajstić information content (AvgIpc) is 2.96. The van der Waals surface area contributed by atoms with Gasteiger partial charge < -0.3 is 14.3 Å². The third-order valence-electron chi connectivity index (χ3n) is 3.87. The van der Waals surface area contributed by atoms with Crippen LogP contribution in [0.5, 0.6) is 0 Å². The van der Waals surface area contributed by atoms with Gasteiger partial charge in [-0.3, -0.25) is 4.79 Å². The fourth-order valence-electron chi connectivity index (χ4n) is 2.60. The first-order valence-corrected chi connectivity index (χ1v) is 8.12. The second-order valence-corrected chi connectivity index (χ2v) is 6.29. The minimum Gasteiger partial charge on any atom is -0.360 e. The Morgan fingerprint density at radius 3 is 2.64 bits per heavy atom. The third kappa shape index (κ3) is 3.32. The molecule has 0 N–H and O–H groups in total. The van der Waals surface area contributed by atoms with Crippen molar-refractivity contribution in [3.63, 3.8) is 0 Å². The zero-order chi connectivity index (χ0) is 15.5. The van der Waals surface area contributed by atoms with Gasteiger partial charge in [-0.15, -0.1) is 0 Å². The van der Waals surface area contributed by atoms with Crippen LogP contribution in [0.2, 0.25) is 0 Å².